The number of carbonyl (C=O) groups excluding carboxylic acids is 1. The summed E-state index contributed by atoms with van der Waals surface area (Å²) in [6.07, 6.45) is 9.92. The van der Waals surface area contributed by atoms with Crippen LogP contribution in [0.5, 0.6) is 0 Å². The van der Waals surface area contributed by atoms with Gasteiger partial charge in [0.2, 0.25) is 0 Å². The summed E-state index contributed by atoms with van der Waals surface area (Å²) in [5.74, 6) is 0.172. The van der Waals surface area contributed by atoms with Crippen molar-refractivity contribution >= 4 is 11.7 Å². The van der Waals surface area contributed by atoms with Gasteiger partial charge in [-0.2, -0.15) is 0 Å². The maximum atomic E-state index is 13.6. The normalized spacial score (nSPS) is 13.8. The van der Waals surface area contributed by atoms with Gasteiger partial charge in [0, 0.05) is 24.8 Å². The quantitative estimate of drug-likeness (QED) is 0.723. The SMILES string of the molecule is O=C(NCc1ccccc1F)c1ccc(NCCC2=CCCCC2)nc1. The molecule has 1 heterocycles. The highest BCUT2D eigenvalue weighted by atomic mass is 19.1. The van der Waals surface area contributed by atoms with Crippen molar-refractivity contribution in [2.75, 3.05) is 11.9 Å². The number of nitrogens with one attached hydrogen (secondary N) is 2. The van der Waals surface area contributed by atoms with Crippen LogP contribution in [0.3, 0.4) is 0 Å². The van der Waals surface area contributed by atoms with E-state index in [2.05, 4.69) is 21.7 Å². The number of hydrogen-bond acceptors (Lipinski definition) is 3. The first-order valence-corrected chi connectivity index (χ1v) is 9.12. The Hall–Kier alpha value is -2.69. The fraction of sp³-hybridized carbons (Fsp3) is 0.333. The lowest BCUT2D eigenvalue weighted by molar-refractivity contribution is 0.0950. The monoisotopic (exact) mass is 353 g/mol. The number of hydrogen-bond donors (Lipinski definition) is 2. The van der Waals surface area contributed by atoms with Crippen LogP contribution in [0.1, 0.15) is 48.0 Å². The summed E-state index contributed by atoms with van der Waals surface area (Å²) in [5, 5.41) is 6.01. The molecule has 4 nitrogen and oxygen atoms in total. The Bertz CT molecular complexity index is 771. The van der Waals surface area contributed by atoms with Crippen molar-refractivity contribution < 1.29 is 9.18 Å². The minimum absolute atomic E-state index is 0.153. The number of amides is 1. The molecule has 136 valence electrons. The molecule has 1 aromatic carbocycles. The first kappa shape index (κ1) is 18.1. The Kier molecular flexibility index (Phi) is 6.36. The summed E-state index contributed by atoms with van der Waals surface area (Å²) in [7, 11) is 0. The summed E-state index contributed by atoms with van der Waals surface area (Å²) in [4.78, 5) is 16.4. The van der Waals surface area contributed by atoms with Crippen LogP contribution in [0.15, 0.2) is 54.2 Å². The van der Waals surface area contributed by atoms with Gasteiger partial charge >= 0.3 is 0 Å². The standard InChI is InChI=1S/C21H24FN3O/c22-19-9-5-4-8-17(19)14-25-21(26)18-10-11-20(24-15-18)23-13-12-16-6-2-1-3-7-16/h4-6,8-11,15H,1-3,7,12-14H2,(H,23,24)(H,25,26). The topological polar surface area (TPSA) is 54.0 Å². The van der Waals surface area contributed by atoms with E-state index in [0.717, 1.165) is 18.8 Å². The van der Waals surface area contributed by atoms with E-state index in [9.17, 15) is 9.18 Å². The molecule has 2 aromatic rings. The molecule has 0 unspecified atom stereocenters. The third-order valence-electron chi connectivity index (χ3n) is 4.56. The van der Waals surface area contributed by atoms with E-state index < -0.39 is 0 Å². The molecule has 0 saturated heterocycles. The van der Waals surface area contributed by atoms with Crippen molar-refractivity contribution in [3.8, 4) is 0 Å². The number of rotatable bonds is 7. The fourth-order valence-electron chi connectivity index (χ4n) is 3.03. The Balaban J connectivity index is 1.46. The third-order valence-corrected chi connectivity index (χ3v) is 4.56. The van der Waals surface area contributed by atoms with Crippen LogP contribution in [0.25, 0.3) is 0 Å². The molecule has 1 amide bonds. The molecule has 1 aliphatic carbocycles. The molecule has 0 bridgehead atoms. The minimum Gasteiger partial charge on any atom is -0.370 e. The van der Waals surface area contributed by atoms with E-state index in [-0.39, 0.29) is 18.3 Å². The zero-order chi connectivity index (χ0) is 18.2. The molecule has 2 N–H and O–H groups in total. The second kappa shape index (κ2) is 9.13. The predicted molar refractivity (Wildman–Crippen MR) is 101 cm³/mol. The number of benzene rings is 1. The van der Waals surface area contributed by atoms with Crippen molar-refractivity contribution in [2.24, 2.45) is 0 Å². The summed E-state index contributed by atoms with van der Waals surface area (Å²) in [6, 6.07) is 9.94. The van der Waals surface area contributed by atoms with Gasteiger partial charge in [-0.3, -0.25) is 4.79 Å². The van der Waals surface area contributed by atoms with Crippen molar-refractivity contribution in [1.29, 1.82) is 0 Å². The highest BCUT2D eigenvalue weighted by molar-refractivity contribution is 5.94. The van der Waals surface area contributed by atoms with Crippen LogP contribution in [0.4, 0.5) is 10.2 Å². The van der Waals surface area contributed by atoms with Gasteiger partial charge in [-0.25, -0.2) is 9.37 Å². The maximum Gasteiger partial charge on any atom is 0.253 e. The lowest BCUT2D eigenvalue weighted by atomic mass is 9.97. The van der Waals surface area contributed by atoms with Crippen LogP contribution in [-0.2, 0) is 6.54 Å². The van der Waals surface area contributed by atoms with E-state index in [4.69, 9.17) is 0 Å². The molecule has 0 fully saturated rings. The summed E-state index contributed by atoms with van der Waals surface area (Å²) < 4.78 is 13.6. The highest BCUT2D eigenvalue weighted by Gasteiger charge is 2.08. The molecular weight excluding hydrogens is 329 g/mol. The number of halogens is 1. The molecule has 0 aliphatic heterocycles. The van der Waals surface area contributed by atoms with Crippen LogP contribution >= 0.6 is 0 Å². The van der Waals surface area contributed by atoms with Crippen LogP contribution in [0, 0.1) is 5.82 Å². The van der Waals surface area contributed by atoms with Crippen molar-refractivity contribution in [3.05, 3.63) is 71.2 Å². The van der Waals surface area contributed by atoms with Crippen LogP contribution in [0.2, 0.25) is 0 Å². The Morgan fingerprint density at radius 2 is 2.04 bits per heavy atom. The van der Waals surface area contributed by atoms with E-state index in [1.54, 1.807) is 36.5 Å². The van der Waals surface area contributed by atoms with E-state index >= 15 is 0 Å². The second-order valence-corrected chi connectivity index (χ2v) is 6.49. The summed E-state index contributed by atoms with van der Waals surface area (Å²) in [5.41, 5.74) is 2.44. The van der Waals surface area contributed by atoms with Crippen molar-refractivity contribution in [1.82, 2.24) is 10.3 Å². The molecular formula is C21H24FN3O. The molecule has 0 radical (unpaired) electrons. The Morgan fingerprint density at radius 1 is 1.15 bits per heavy atom. The van der Waals surface area contributed by atoms with Crippen LogP contribution < -0.4 is 10.6 Å². The van der Waals surface area contributed by atoms with E-state index in [0.29, 0.717) is 11.1 Å². The number of anilines is 1. The number of nitrogens with zero attached hydrogens (tertiary/aromatic N) is 1. The molecule has 3 rings (SSSR count). The number of allylic oxidation sites excluding steroid dienone is 1. The molecule has 26 heavy (non-hydrogen) atoms. The van der Waals surface area contributed by atoms with Gasteiger partial charge in [0.1, 0.15) is 11.6 Å². The zero-order valence-corrected chi connectivity index (χ0v) is 14.8. The van der Waals surface area contributed by atoms with Crippen molar-refractivity contribution in [3.63, 3.8) is 0 Å². The third kappa shape index (κ3) is 5.15. The molecule has 0 saturated carbocycles. The lowest BCUT2D eigenvalue weighted by Gasteiger charge is -2.13. The van der Waals surface area contributed by atoms with Gasteiger partial charge in [-0.15, -0.1) is 0 Å². The Morgan fingerprint density at radius 3 is 2.77 bits per heavy atom. The van der Waals surface area contributed by atoms with Crippen LogP contribution in [-0.4, -0.2) is 17.4 Å². The maximum absolute atomic E-state index is 13.6. The second-order valence-electron chi connectivity index (χ2n) is 6.49. The van der Waals surface area contributed by atoms with Gasteiger partial charge in [-0.1, -0.05) is 29.8 Å². The predicted octanol–water partition coefficient (Wildman–Crippen LogP) is 4.45. The average molecular weight is 353 g/mol. The van der Waals surface area contributed by atoms with E-state index in [1.807, 2.05) is 0 Å². The molecule has 0 atom stereocenters. The number of carbonyl (C=O) groups is 1. The summed E-state index contributed by atoms with van der Waals surface area (Å²) in [6.45, 7) is 0.998. The molecule has 1 aliphatic rings. The average Bonchev–Trinajstić information content (AvgIpc) is 2.68. The van der Waals surface area contributed by atoms with Gasteiger partial charge < -0.3 is 10.6 Å². The first-order chi connectivity index (χ1) is 12.7. The van der Waals surface area contributed by atoms with E-state index in [1.165, 1.54) is 37.3 Å². The van der Waals surface area contributed by atoms with Gasteiger partial charge in [0.25, 0.3) is 5.91 Å². The zero-order valence-electron chi connectivity index (χ0n) is 14.8. The smallest absolute Gasteiger partial charge is 0.253 e. The van der Waals surface area contributed by atoms with Gasteiger partial charge in [0.15, 0.2) is 0 Å². The van der Waals surface area contributed by atoms with Gasteiger partial charge in [0.05, 0.1) is 5.56 Å². The Labute approximate surface area is 153 Å². The molecule has 5 heteroatoms. The highest BCUT2D eigenvalue weighted by Crippen LogP contribution is 2.20. The van der Waals surface area contributed by atoms with Gasteiger partial charge in [-0.05, 0) is 50.3 Å². The number of pyridine rings is 1. The lowest BCUT2D eigenvalue weighted by Crippen LogP contribution is -2.23. The minimum atomic E-state index is -0.321. The largest absolute Gasteiger partial charge is 0.370 e. The molecule has 0 spiro atoms. The van der Waals surface area contributed by atoms with Crippen molar-refractivity contribution in [2.45, 2.75) is 38.6 Å². The molecule has 1 aromatic heterocycles. The fourth-order valence-corrected chi connectivity index (χ4v) is 3.03. The summed E-state index contributed by atoms with van der Waals surface area (Å²) >= 11 is 0. The first-order valence-electron chi connectivity index (χ1n) is 9.12. The number of aromatic nitrogens is 1.